The molecule has 0 aliphatic carbocycles. The van der Waals surface area contributed by atoms with Crippen molar-refractivity contribution in [3.63, 3.8) is 0 Å². The van der Waals surface area contributed by atoms with Gasteiger partial charge in [-0.15, -0.1) is 0 Å². The van der Waals surface area contributed by atoms with Gasteiger partial charge < -0.3 is 25.6 Å². The normalized spacial score (nSPS) is 13.7. The number of fused-ring (bicyclic) bond motifs is 1. The van der Waals surface area contributed by atoms with Crippen molar-refractivity contribution in [3.8, 4) is 0 Å². The Morgan fingerprint density at radius 1 is 1.25 bits per heavy atom. The van der Waals surface area contributed by atoms with E-state index in [1.54, 1.807) is 30.5 Å². The molecule has 1 amide bonds. The number of nitrogens with zero attached hydrogens (tertiary/aromatic N) is 6. The Hall–Kier alpha value is -4.43. The Balaban J connectivity index is 1.41. The van der Waals surface area contributed by atoms with Gasteiger partial charge in [0.1, 0.15) is 24.5 Å². The van der Waals surface area contributed by atoms with Crippen molar-refractivity contribution >= 4 is 55.7 Å². The molecule has 0 atom stereocenters. The number of carbonyl (C=O) groups excluding carboxylic acids is 2. The highest BCUT2D eigenvalue weighted by molar-refractivity contribution is 9.10. The number of carbonyl (C=O) groups is 2. The Morgan fingerprint density at radius 3 is 2.73 bits per heavy atom. The first-order valence-corrected chi connectivity index (χ1v) is 12.8. The van der Waals surface area contributed by atoms with Crippen LogP contribution in [0.1, 0.15) is 12.1 Å². The second-order valence-corrected chi connectivity index (χ2v) is 10.6. The number of rotatable bonds is 11. The molecular weight excluding hydrogens is 587 g/mol. The van der Waals surface area contributed by atoms with Crippen molar-refractivity contribution in [1.29, 1.82) is 0 Å². The zero-order chi connectivity index (χ0) is 29.0. The second kappa shape index (κ2) is 11.8. The Morgan fingerprint density at radius 2 is 2.02 bits per heavy atom. The topological polar surface area (TPSA) is 166 Å². The van der Waals surface area contributed by atoms with Crippen molar-refractivity contribution in [2.45, 2.75) is 12.8 Å². The van der Waals surface area contributed by atoms with Crippen LogP contribution in [0.15, 0.2) is 69.8 Å². The van der Waals surface area contributed by atoms with Gasteiger partial charge in [0.15, 0.2) is 5.78 Å². The van der Waals surface area contributed by atoms with Crippen LogP contribution in [0.5, 0.6) is 0 Å². The van der Waals surface area contributed by atoms with Crippen LogP contribution in [-0.4, -0.2) is 68.9 Å². The highest BCUT2D eigenvalue weighted by Crippen LogP contribution is 2.26. The van der Waals surface area contributed by atoms with E-state index in [1.165, 1.54) is 18.5 Å². The summed E-state index contributed by atoms with van der Waals surface area (Å²) in [7, 11) is 3.69. The third-order valence-corrected chi connectivity index (χ3v) is 6.68. The predicted octanol–water partition coefficient (Wildman–Crippen LogP) is 3.23. The number of ketones is 1. The van der Waals surface area contributed by atoms with Crippen LogP contribution in [0.4, 0.5) is 15.9 Å². The van der Waals surface area contributed by atoms with Crippen LogP contribution < -0.4 is 11.1 Å². The molecule has 3 N–H and O–H groups in total. The number of anilines is 2. The van der Waals surface area contributed by atoms with Gasteiger partial charge in [0.2, 0.25) is 5.71 Å². The number of nitrogens with two attached hydrogens (primary N) is 1. The van der Waals surface area contributed by atoms with Crippen molar-refractivity contribution in [2.24, 2.45) is 10.7 Å². The van der Waals surface area contributed by atoms with Crippen LogP contribution in [-0.2, 0) is 16.0 Å². The molecule has 40 heavy (non-hydrogen) atoms. The van der Waals surface area contributed by atoms with E-state index in [-0.39, 0.29) is 41.2 Å². The number of quaternary nitrogens is 1. The van der Waals surface area contributed by atoms with Crippen LogP contribution in [0, 0.1) is 15.9 Å². The molecule has 3 heterocycles. The molecule has 1 aromatic carbocycles. The molecule has 0 spiro atoms. The van der Waals surface area contributed by atoms with Crippen molar-refractivity contribution in [3.05, 3.63) is 86.4 Å². The van der Waals surface area contributed by atoms with Crippen LogP contribution in [0.3, 0.4) is 0 Å². The summed E-state index contributed by atoms with van der Waals surface area (Å²) < 4.78 is 14.6. The molecule has 0 saturated heterocycles. The van der Waals surface area contributed by atoms with Crippen molar-refractivity contribution in [2.75, 3.05) is 32.5 Å². The molecule has 0 radical (unpaired) electrons. The van der Waals surface area contributed by atoms with Gasteiger partial charge in [-0.3, -0.25) is 14.6 Å². The van der Waals surface area contributed by atoms with Crippen LogP contribution in [0.25, 0.3) is 10.9 Å². The fraction of sp³-hybridized carbons (Fsp3) is 0.231. The Kier molecular flexibility index (Phi) is 8.40. The minimum atomic E-state index is -0.788. The number of benzene rings is 1. The van der Waals surface area contributed by atoms with E-state index in [0.29, 0.717) is 44.7 Å². The van der Waals surface area contributed by atoms with Gasteiger partial charge in [-0.05, 0) is 62.3 Å². The molecule has 1 aliphatic rings. The van der Waals surface area contributed by atoms with E-state index in [1.807, 2.05) is 14.1 Å². The molecule has 1 aliphatic heterocycles. The third kappa shape index (κ3) is 6.95. The molecule has 0 saturated carbocycles. The summed E-state index contributed by atoms with van der Waals surface area (Å²) in [6.45, 7) is 0.641. The van der Waals surface area contributed by atoms with Crippen LogP contribution in [0.2, 0.25) is 0 Å². The minimum Gasteiger partial charge on any atom is -0.363 e. The average molecular weight is 612 g/mol. The summed E-state index contributed by atoms with van der Waals surface area (Å²) in [5.41, 5.74) is 7.16. The molecule has 0 unspecified atom stereocenters. The highest BCUT2D eigenvalue weighted by Gasteiger charge is 2.35. The number of aromatic nitrogens is 3. The van der Waals surface area contributed by atoms with Gasteiger partial charge in [0.25, 0.3) is 5.91 Å². The summed E-state index contributed by atoms with van der Waals surface area (Å²) in [4.78, 5) is 51.4. The minimum absolute atomic E-state index is 0.0214. The number of hydrogen-bond acceptors (Lipinski definition) is 9. The molecular formula is C26H25BrFN8O4+. The first-order valence-electron chi connectivity index (χ1n) is 12.0. The van der Waals surface area contributed by atoms with Crippen LogP contribution >= 0.6 is 15.9 Å². The van der Waals surface area contributed by atoms with E-state index in [0.717, 1.165) is 0 Å². The fourth-order valence-corrected chi connectivity index (χ4v) is 4.41. The molecule has 2 aromatic heterocycles. The predicted molar refractivity (Wildman–Crippen MR) is 150 cm³/mol. The van der Waals surface area contributed by atoms with Gasteiger partial charge in [0.05, 0.1) is 55.2 Å². The smallest absolute Gasteiger partial charge is 0.363 e. The Labute approximate surface area is 236 Å². The number of nitrogens with one attached hydrogen (secondary N) is 1. The zero-order valence-corrected chi connectivity index (χ0v) is 23.2. The number of allylic oxidation sites excluding steroid dienone is 1. The zero-order valence-electron chi connectivity index (χ0n) is 21.6. The summed E-state index contributed by atoms with van der Waals surface area (Å²) in [6, 6.07) is 6.32. The van der Waals surface area contributed by atoms with Gasteiger partial charge in [-0.25, -0.2) is 14.4 Å². The second-order valence-electron chi connectivity index (χ2n) is 9.77. The van der Waals surface area contributed by atoms with Gasteiger partial charge >= 0.3 is 5.82 Å². The lowest BCUT2D eigenvalue weighted by Gasteiger charge is -2.28. The van der Waals surface area contributed by atoms with Gasteiger partial charge in [-0.1, -0.05) is 0 Å². The van der Waals surface area contributed by atoms with Crippen molar-refractivity contribution in [1.82, 2.24) is 15.0 Å². The highest BCUT2D eigenvalue weighted by atomic mass is 79.9. The van der Waals surface area contributed by atoms with Gasteiger partial charge in [-0.2, -0.15) is 0 Å². The summed E-state index contributed by atoms with van der Waals surface area (Å²) in [5, 5.41) is 15.0. The molecule has 206 valence electrons. The summed E-state index contributed by atoms with van der Waals surface area (Å²) in [5.74, 6) is -1.32. The number of hydrogen-bond donors (Lipinski definition) is 2. The molecule has 3 aromatic rings. The van der Waals surface area contributed by atoms with Crippen molar-refractivity contribution < 1.29 is 23.4 Å². The molecule has 14 heteroatoms. The van der Waals surface area contributed by atoms with E-state index in [4.69, 9.17) is 5.73 Å². The largest absolute Gasteiger partial charge is 0.369 e. The standard InChI is InChI=1S/C26H24BrFN8O4/c1-36(2,13-15-8-22(24(29)38)34-26(15)35(39)40)7-3-4-18(37)9-17-10-19-23(12-30-17)31-14-32-25(19)33-16-5-6-20(27)21(28)11-16/h3-6,10-12,14H,7-9,13H2,1-2H3,(H2-,29,31,32,33,38)/p+1/b4-3+. The number of primary amides is 1. The number of nitro groups is 1. The lowest BCUT2D eigenvalue weighted by molar-refractivity contribution is -0.880. The van der Waals surface area contributed by atoms with E-state index < -0.39 is 16.6 Å². The monoisotopic (exact) mass is 611 g/mol. The third-order valence-electron chi connectivity index (χ3n) is 6.03. The maximum atomic E-state index is 13.9. The van der Waals surface area contributed by atoms with E-state index in [2.05, 4.69) is 41.2 Å². The van der Waals surface area contributed by atoms with E-state index >= 15 is 0 Å². The first kappa shape index (κ1) is 28.6. The fourth-order valence-electron chi connectivity index (χ4n) is 4.16. The number of aliphatic imine (C=N–C) groups is 1. The molecule has 0 bridgehead atoms. The lowest BCUT2D eigenvalue weighted by atomic mass is 10.1. The number of amides is 1. The van der Waals surface area contributed by atoms with Gasteiger partial charge in [0, 0.05) is 16.8 Å². The number of likely N-dealkylation sites (N-methyl/N-ethyl adjacent to an activating group) is 1. The summed E-state index contributed by atoms with van der Waals surface area (Å²) in [6.07, 6.45) is 6.10. The maximum absolute atomic E-state index is 13.9. The summed E-state index contributed by atoms with van der Waals surface area (Å²) >= 11 is 3.13. The number of pyridine rings is 1. The lowest BCUT2D eigenvalue weighted by Crippen LogP contribution is -2.41. The first-order chi connectivity index (χ1) is 18.9. The average Bonchev–Trinajstić information content (AvgIpc) is 3.30. The quantitative estimate of drug-likeness (QED) is 0.144. The Bertz CT molecular complexity index is 1620. The van der Waals surface area contributed by atoms with E-state index in [9.17, 15) is 24.1 Å². The SMILES string of the molecule is C[N+](C)(C/C=C/C(=O)Cc1cc2c(Nc3ccc(Br)c(F)c3)ncnc2cn1)CC1=C([N+](=O)[O-])N=C(C(N)=O)C1. The molecule has 12 nitrogen and oxygen atoms in total. The maximum Gasteiger partial charge on any atom is 0.369 e. The number of halogens is 2. The molecule has 0 fully saturated rings. The molecule has 4 rings (SSSR count).